The van der Waals surface area contributed by atoms with Gasteiger partial charge in [-0.05, 0) is 49.9 Å². The quantitative estimate of drug-likeness (QED) is 0.352. The minimum absolute atomic E-state index is 0.377. The van der Waals surface area contributed by atoms with Crippen molar-refractivity contribution in [3.05, 3.63) is 58.1 Å². The molecule has 1 aliphatic heterocycles. The van der Waals surface area contributed by atoms with E-state index in [1.54, 1.807) is 12.1 Å². The fraction of sp³-hybridized carbons (Fsp3) is 0.364. The van der Waals surface area contributed by atoms with Gasteiger partial charge in [0.1, 0.15) is 17.1 Å². The lowest BCUT2D eigenvalue weighted by Gasteiger charge is -2.17. The Balaban J connectivity index is 1.99. The molecule has 0 aromatic heterocycles. The van der Waals surface area contributed by atoms with Gasteiger partial charge in [0.2, 0.25) is 0 Å². The molecule has 0 saturated heterocycles. The van der Waals surface area contributed by atoms with Crippen molar-refractivity contribution in [1.82, 2.24) is 0 Å². The van der Waals surface area contributed by atoms with Crippen LogP contribution in [0.2, 0.25) is 5.02 Å². The lowest BCUT2D eigenvalue weighted by atomic mass is 9.99. The van der Waals surface area contributed by atoms with Crippen molar-refractivity contribution >= 4 is 23.3 Å². The molecule has 0 fully saturated rings. The fourth-order valence-corrected chi connectivity index (χ4v) is 3.33. The second kappa shape index (κ2) is 9.05. The van der Waals surface area contributed by atoms with Crippen LogP contribution < -0.4 is 9.47 Å². The number of benzene rings is 2. The van der Waals surface area contributed by atoms with E-state index in [4.69, 9.17) is 21.1 Å². The second-order valence-electron chi connectivity index (χ2n) is 6.57. The molecule has 0 atom stereocenters. The minimum Gasteiger partial charge on any atom is -0.493 e. The number of rotatable bonds is 7. The molecule has 4 nitrogen and oxygen atoms in total. The zero-order chi connectivity index (χ0) is 19.2. The molecule has 0 bridgehead atoms. The Morgan fingerprint density at radius 1 is 1.26 bits per heavy atom. The first-order valence-electron chi connectivity index (χ1n) is 9.38. The highest BCUT2D eigenvalue weighted by molar-refractivity contribution is 6.35. The molecule has 0 amide bonds. The van der Waals surface area contributed by atoms with E-state index in [1.165, 1.54) is 0 Å². The summed E-state index contributed by atoms with van der Waals surface area (Å²) in [5.74, 6) is 0.532. The van der Waals surface area contributed by atoms with Crippen molar-refractivity contribution in [2.75, 3.05) is 13.2 Å². The van der Waals surface area contributed by atoms with Gasteiger partial charge in [0.25, 0.3) is 0 Å². The fourth-order valence-electron chi connectivity index (χ4n) is 3.07. The Hall–Kier alpha value is -2.33. The SMILES string of the molecule is CCCCOc1cc(C2=NCCC2)c(Cl)c(C)c1C(=O)Oc1ccccc1. The van der Waals surface area contributed by atoms with Gasteiger partial charge in [0.15, 0.2) is 0 Å². The third-order valence-corrected chi connectivity index (χ3v) is 5.05. The van der Waals surface area contributed by atoms with Crippen molar-refractivity contribution < 1.29 is 14.3 Å². The Morgan fingerprint density at radius 3 is 2.70 bits per heavy atom. The maximum absolute atomic E-state index is 12.9. The molecule has 1 heterocycles. The van der Waals surface area contributed by atoms with E-state index in [-0.39, 0.29) is 0 Å². The van der Waals surface area contributed by atoms with Crippen LogP contribution >= 0.6 is 11.6 Å². The van der Waals surface area contributed by atoms with Gasteiger partial charge >= 0.3 is 5.97 Å². The third kappa shape index (κ3) is 4.51. The number of aliphatic imine (C=N–C) groups is 1. The van der Waals surface area contributed by atoms with Crippen LogP contribution in [0.15, 0.2) is 41.4 Å². The number of carbonyl (C=O) groups excluding carboxylic acids is 1. The molecule has 0 radical (unpaired) electrons. The average Bonchev–Trinajstić information content (AvgIpc) is 3.20. The molecule has 27 heavy (non-hydrogen) atoms. The molecule has 3 rings (SSSR count). The van der Waals surface area contributed by atoms with E-state index in [2.05, 4.69) is 11.9 Å². The molecule has 2 aromatic rings. The number of esters is 1. The lowest BCUT2D eigenvalue weighted by molar-refractivity contribution is 0.0729. The van der Waals surface area contributed by atoms with Crippen LogP contribution in [-0.2, 0) is 0 Å². The Bertz CT molecular complexity index is 846. The van der Waals surface area contributed by atoms with Crippen LogP contribution in [-0.4, -0.2) is 24.8 Å². The summed E-state index contributed by atoms with van der Waals surface area (Å²) in [5, 5.41) is 0.540. The first-order chi connectivity index (χ1) is 13.1. The predicted molar refractivity (Wildman–Crippen MR) is 109 cm³/mol. The first-order valence-corrected chi connectivity index (χ1v) is 9.76. The smallest absolute Gasteiger partial charge is 0.347 e. The van der Waals surface area contributed by atoms with Crippen LogP contribution in [0.25, 0.3) is 0 Å². The zero-order valence-electron chi connectivity index (χ0n) is 15.8. The summed E-state index contributed by atoms with van der Waals surface area (Å²) in [5.41, 5.74) is 2.87. The van der Waals surface area contributed by atoms with Crippen molar-refractivity contribution in [3.8, 4) is 11.5 Å². The van der Waals surface area contributed by atoms with Crippen molar-refractivity contribution in [1.29, 1.82) is 0 Å². The maximum Gasteiger partial charge on any atom is 0.347 e. The summed E-state index contributed by atoms with van der Waals surface area (Å²) in [6, 6.07) is 10.8. The summed E-state index contributed by atoms with van der Waals surface area (Å²) in [6.45, 7) is 5.28. The van der Waals surface area contributed by atoms with E-state index in [9.17, 15) is 4.79 Å². The van der Waals surface area contributed by atoms with Gasteiger partial charge in [-0.15, -0.1) is 0 Å². The van der Waals surface area contributed by atoms with Crippen LogP contribution in [0.3, 0.4) is 0 Å². The number of ether oxygens (including phenoxy) is 2. The first kappa shape index (κ1) is 19.4. The summed E-state index contributed by atoms with van der Waals surface area (Å²) in [4.78, 5) is 17.4. The number of nitrogens with zero attached hydrogens (tertiary/aromatic N) is 1. The van der Waals surface area contributed by atoms with Crippen LogP contribution in [0.4, 0.5) is 0 Å². The molecule has 0 aliphatic carbocycles. The highest BCUT2D eigenvalue weighted by Gasteiger charge is 2.25. The number of hydrogen-bond acceptors (Lipinski definition) is 4. The zero-order valence-corrected chi connectivity index (χ0v) is 16.5. The molecule has 0 saturated carbocycles. The molecule has 2 aromatic carbocycles. The number of halogens is 1. The van der Waals surface area contributed by atoms with Crippen molar-refractivity contribution in [2.45, 2.75) is 39.5 Å². The third-order valence-electron chi connectivity index (χ3n) is 4.56. The lowest BCUT2D eigenvalue weighted by Crippen LogP contribution is -2.15. The van der Waals surface area contributed by atoms with Gasteiger partial charge < -0.3 is 9.47 Å². The van der Waals surface area contributed by atoms with Gasteiger partial charge in [-0.2, -0.15) is 0 Å². The molecular formula is C22H24ClNO3. The number of hydrogen-bond donors (Lipinski definition) is 0. The van der Waals surface area contributed by atoms with E-state index < -0.39 is 5.97 Å². The van der Waals surface area contributed by atoms with Gasteiger partial charge in [0.05, 0.1) is 11.6 Å². The van der Waals surface area contributed by atoms with Gasteiger partial charge in [-0.25, -0.2) is 4.79 Å². The van der Waals surface area contributed by atoms with Crippen LogP contribution in [0.1, 0.15) is 54.1 Å². The summed E-state index contributed by atoms with van der Waals surface area (Å²) in [7, 11) is 0. The molecule has 0 spiro atoms. The summed E-state index contributed by atoms with van der Waals surface area (Å²) < 4.78 is 11.5. The van der Waals surface area contributed by atoms with E-state index in [0.717, 1.165) is 43.5 Å². The molecule has 0 N–H and O–H groups in total. The standard InChI is InChI=1S/C22H24ClNO3/c1-3-4-13-26-19-14-17(18-11-8-12-24-18)21(23)15(2)20(19)22(25)27-16-9-6-5-7-10-16/h5-7,9-10,14H,3-4,8,11-13H2,1-2H3. The molecule has 142 valence electrons. The number of unbranched alkanes of at least 4 members (excludes halogenated alkanes) is 1. The Morgan fingerprint density at radius 2 is 2.04 bits per heavy atom. The highest BCUT2D eigenvalue weighted by atomic mass is 35.5. The average molecular weight is 386 g/mol. The molecular weight excluding hydrogens is 362 g/mol. The van der Waals surface area contributed by atoms with E-state index >= 15 is 0 Å². The molecule has 5 heteroatoms. The maximum atomic E-state index is 12.9. The largest absolute Gasteiger partial charge is 0.493 e. The number of carbonyl (C=O) groups is 1. The predicted octanol–water partition coefficient (Wildman–Crippen LogP) is 5.63. The normalized spacial score (nSPS) is 13.4. The Labute approximate surface area is 165 Å². The summed E-state index contributed by atoms with van der Waals surface area (Å²) >= 11 is 6.61. The van der Waals surface area contributed by atoms with Crippen LogP contribution in [0.5, 0.6) is 11.5 Å². The van der Waals surface area contributed by atoms with Crippen molar-refractivity contribution in [3.63, 3.8) is 0 Å². The van der Waals surface area contributed by atoms with Gasteiger partial charge in [0, 0.05) is 17.8 Å². The van der Waals surface area contributed by atoms with Gasteiger partial charge in [-0.3, -0.25) is 4.99 Å². The van der Waals surface area contributed by atoms with Crippen molar-refractivity contribution in [2.24, 2.45) is 4.99 Å². The van der Waals surface area contributed by atoms with Gasteiger partial charge in [-0.1, -0.05) is 43.1 Å². The van der Waals surface area contributed by atoms with E-state index in [1.807, 2.05) is 31.2 Å². The number of para-hydroxylation sites is 1. The minimum atomic E-state index is -0.466. The second-order valence-corrected chi connectivity index (χ2v) is 6.95. The summed E-state index contributed by atoms with van der Waals surface area (Å²) in [6.07, 6.45) is 3.83. The van der Waals surface area contributed by atoms with E-state index in [0.29, 0.717) is 34.3 Å². The molecule has 0 unspecified atom stereocenters. The topological polar surface area (TPSA) is 47.9 Å². The molecule has 1 aliphatic rings. The Kier molecular flexibility index (Phi) is 6.51. The highest BCUT2D eigenvalue weighted by Crippen LogP contribution is 2.35. The van der Waals surface area contributed by atoms with Crippen LogP contribution in [0, 0.1) is 6.92 Å². The monoisotopic (exact) mass is 385 g/mol.